The van der Waals surface area contributed by atoms with Crippen LogP contribution in [0, 0.1) is 0 Å². The first kappa shape index (κ1) is 43.1. The van der Waals surface area contributed by atoms with E-state index >= 15 is 0 Å². The van der Waals surface area contributed by atoms with Crippen LogP contribution < -0.4 is 25.6 Å². The lowest BCUT2D eigenvalue weighted by molar-refractivity contribution is 0.195. The summed E-state index contributed by atoms with van der Waals surface area (Å²) in [7, 11) is -2.94. The number of hydrogen-bond acceptors (Lipinski definition) is 2. The summed E-state index contributed by atoms with van der Waals surface area (Å²) < 4.78 is 5.25. The number of thiophene rings is 1. The molecule has 1 saturated carbocycles. The Labute approximate surface area is 417 Å². The van der Waals surface area contributed by atoms with E-state index in [1.165, 1.54) is 128 Å². The van der Waals surface area contributed by atoms with Crippen LogP contribution in [-0.2, 0) is 10.8 Å². The zero-order valence-corrected chi connectivity index (χ0v) is 42.7. The number of rotatable bonds is 7. The molecule has 70 heavy (non-hydrogen) atoms. The van der Waals surface area contributed by atoms with E-state index in [9.17, 15) is 0 Å². The van der Waals surface area contributed by atoms with Gasteiger partial charge in [0.1, 0.15) is 0 Å². The molecule has 11 aromatic rings. The highest BCUT2D eigenvalue weighted by Gasteiger charge is 2.57. The zero-order valence-electron chi connectivity index (χ0n) is 40.8. The molecule has 0 amide bonds. The Morgan fingerprint density at radius 1 is 0.457 bits per heavy atom. The van der Waals surface area contributed by atoms with Crippen LogP contribution in [0.5, 0.6) is 0 Å². The zero-order chi connectivity index (χ0) is 47.4. The molecule has 1 aliphatic heterocycles. The second-order valence-electron chi connectivity index (χ2n) is 21.6. The first-order chi connectivity index (χ1) is 34.1. The summed E-state index contributed by atoms with van der Waals surface area (Å²) in [5, 5.41) is 10.7. The Hall–Kier alpha value is -6.98. The molecular formula is C66H58N2SSi. The summed E-state index contributed by atoms with van der Waals surface area (Å²) in [6.45, 7) is 12.1. The Kier molecular flexibility index (Phi) is 9.86. The second-order valence-corrected chi connectivity index (χ2v) is 26.5. The number of hydrogen-bond donors (Lipinski definition) is 0. The van der Waals surface area contributed by atoms with Crippen LogP contribution in [0.3, 0.4) is 0 Å². The van der Waals surface area contributed by atoms with Gasteiger partial charge in [0, 0.05) is 53.4 Å². The van der Waals surface area contributed by atoms with E-state index in [-0.39, 0.29) is 16.4 Å². The van der Waals surface area contributed by atoms with E-state index in [0.29, 0.717) is 0 Å². The van der Waals surface area contributed by atoms with Gasteiger partial charge in [0.2, 0.25) is 0 Å². The van der Waals surface area contributed by atoms with Crippen molar-refractivity contribution in [3.05, 3.63) is 223 Å². The molecule has 1 fully saturated rings. The minimum Gasteiger partial charge on any atom is -0.334 e. The topological polar surface area (TPSA) is 8.17 Å². The van der Waals surface area contributed by atoms with Gasteiger partial charge in [0.25, 0.3) is 0 Å². The van der Waals surface area contributed by atoms with Gasteiger partial charge < -0.3 is 9.47 Å². The molecule has 2 atom stereocenters. The van der Waals surface area contributed by atoms with Crippen molar-refractivity contribution in [2.45, 2.75) is 76.7 Å². The van der Waals surface area contributed by atoms with E-state index in [0.717, 1.165) is 0 Å². The molecule has 9 aromatic carbocycles. The van der Waals surface area contributed by atoms with Crippen LogP contribution in [-0.4, -0.2) is 18.2 Å². The number of aromatic nitrogens is 1. The van der Waals surface area contributed by atoms with Crippen LogP contribution in [0.2, 0.25) is 0 Å². The van der Waals surface area contributed by atoms with Gasteiger partial charge >= 0.3 is 0 Å². The summed E-state index contributed by atoms with van der Waals surface area (Å²) in [6, 6.07) is 81.5. The smallest absolute Gasteiger partial charge is 0.179 e. The molecule has 13 rings (SSSR count). The maximum atomic E-state index is 2.74. The molecule has 0 N–H and O–H groups in total. The Balaban J connectivity index is 1.09. The van der Waals surface area contributed by atoms with Gasteiger partial charge in [-0.1, -0.05) is 192 Å². The van der Waals surface area contributed by atoms with E-state index in [4.69, 9.17) is 0 Å². The molecule has 2 aromatic heterocycles. The normalized spacial score (nSPS) is 18.2. The highest BCUT2D eigenvalue weighted by Crippen LogP contribution is 2.61. The van der Waals surface area contributed by atoms with Crippen LogP contribution >= 0.6 is 11.3 Å². The van der Waals surface area contributed by atoms with Crippen LogP contribution in [0.1, 0.15) is 71.4 Å². The van der Waals surface area contributed by atoms with Crippen molar-refractivity contribution in [1.82, 2.24) is 4.57 Å². The van der Waals surface area contributed by atoms with Crippen molar-refractivity contribution in [2.24, 2.45) is 0 Å². The predicted molar refractivity (Wildman–Crippen MR) is 304 cm³/mol. The van der Waals surface area contributed by atoms with Crippen LogP contribution in [0.4, 0.5) is 11.4 Å². The Bertz CT molecular complexity index is 3770. The van der Waals surface area contributed by atoms with Crippen molar-refractivity contribution in [3.63, 3.8) is 0 Å². The summed E-state index contributed by atoms with van der Waals surface area (Å²) in [6.07, 6.45) is 4.91. The van der Waals surface area contributed by atoms with Gasteiger partial charge in [-0.25, -0.2) is 0 Å². The molecular weight excluding hydrogens is 881 g/mol. The number of nitrogens with zero attached hydrogens (tertiary/aromatic N) is 2. The van der Waals surface area contributed by atoms with Gasteiger partial charge in [-0.2, -0.15) is 0 Å². The molecule has 342 valence electrons. The Morgan fingerprint density at radius 3 is 1.81 bits per heavy atom. The van der Waals surface area contributed by atoms with Gasteiger partial charge in [0.15, 0.2) is 8.07 Å². The lowest BCUT2D eigenvalue weighted by atomic mass is 9.61. The quantitative estimate of drug-likeness (QED) is 0.114. The molecule has 3 heterocycles. The lowest BCUT2D eigenvalue weighted by Gasteiger charge is -2.50. The summed E-state index contributed by atoms with van der Waals surface area (Å²) >= 11 is 1.92. The Morgan fingerprint density at radius 2 is 1.07 bits per heavy atom. The minimum atomic E-state index is -2.94. The molecule has 0 spiro atoms. The maximum absolute atomic E-state index is 2.94. The van der Waals surface area contributed by atoms with Gasteiger partial charge in [-0.3, -0.25) is 0 Å². The summed E-state index contributed by atoms with van der Waals surface area (Å²) in [5.74, 6) is 0. The van der Waals surface area contributed by atoms with Gasteiger partial charge in [-0.15, -0.1) is 11.3 Å². The third-order valence-corrected chi connectivity index (χ3v) is 22.7. The molecule has 1 aliphatic carbocycles. The number of anilines is 2. The number of para-hydroxylation sites is 1. The highest BCUT2D eigenvalue weighted by molar-refractivity contribution is 7.26. The van der Waals surface area contributed by atoms with Crippen LogP contribution in [0.25, 0.3) is 58.8 Å². The molecule has 2 nitrogen and oxygen atoms in total. The SMILES string of the molecule is CC(C)(C)c1ccc2sc3cc4c(cc3c2c1)c1cc(N2c3ccccc3C3(C)CCCCC23C)ccc1n4-c1cccc([Si](c2ccccc2)(c2ccccc2)c2cccc(-c3ccccc3)c2)c1. The van der Waals surface area contributed by atoms with Crippen molar-refractivity contribution < 1.29 is 0 Å². The molecule has 4 heteroatoms. The van der Waals surface area contributed by atoms with Crippen molar-refractivity contribution in [2.75, 3.05) is 4.90 Å². The third kappa shape index (κ3) is 6.35. The third-order valence-electron chi connectivity index (χ3n) is 16.8. The minimum absolute atomic E-state index is 0.0316. The fraction of sp³-hybridized carbons (Fsp3) is 0.182. The lowest BCUT2D eigenvalue weighted by Crippen LogP contribution is -2.74. The monoisotopic (exact) mass is 938 g/mol. The summed E-state index contributed by atoms with van der Waals surface area (Å²) in [5.41, 5.74) is 11.7. The fourth-order valence-corrected chi connectivity index (χ4v) is 19.0. The molecule has 0 saturated heterocycles. The highest BCUT2D eigenvalue weighted by atomic mass is 32.1. The average Bonchev–Trinajstić information content (AvgIpc) is 3.99. The second kappa shape index (κ2) is 16.0. The molecule has 2 unspecified atom stereocenters. The summed E-state index contributed by atoms with van der Waals surface area (Å²) in [4.78, 5) is 2.74. The molecule has 0 bridgehead atoms. The predicted octanol–water partition coefficient (Wildman–Crippen LogP) is 15.2. The van der Waals surface area contributed by atoms with E-state index in [1.54, 1.807) is 0 Å². The largest absolute Gasteiger partial charge is 0.334 e. The number of benzene rings is 9. The van der Waals surface area contributed by atoms with Crippen LogP contribution in [0.15, 0.2) is 212 Å². The van der Waals surface area contributed by atoms with Crippen molar-refractivity contribution in [3.8, 4) is 16.8 Å². The van der Waals surface area contributed by atoms with Gasteiger partial charge in [0.05, 0.1) is 16.6 Å². The fourth-order valence-electron chi connectivity index (χ4n) is 13.1. The van der Waals surface area contributed by atoms with E-state index < -0.39 is 8.07 Å². The van der Waals surface area contributed by atoms with Gasteiger partial charge in [-0.05, 0) is 129 Å². The maximum Gasteiger partial charge on any atom is 0.179 e. The first-order valence-electron chi connectivity index (χ1n) is 25.3. The van der Waals surface area contributed by atoms with Crippen molar-refractivity contribution in [1.29, 1.82) is 0 Å². The van der Waals surface area contributed by atoms with E-state index in [1.807, 2.05) is 11.3 Å². The number of fused-ring (bicyclic) bond motifs is 9. The standard InChI is InChI=1S/C66H58N2SSi/c1-64(2,3)47-33-36-62-56(40-47)57-43-55-54-42-49(68-60-32-16-15-31-58(60)65(4)37-17-18-38-66(65,68)5)34-35-59(54)67(61(55)44-63(57)69-62)48-24-20-30-53(41-48)70(50-25-11-7-12-26-50,51-27-13-8-14-28-51)52-29-19-23-46(39-52)45-21-9-6-10-22-45/h6-16,19-36,39-44H,17-18,37-38H2,1-5H3. The van der Waals surface area contributed by atoms with E-state index in [2.05, 4.69) is 256 Å². The molecule has 0 radical (unpaired) electrons. The first-order valence-corrected chi connectivity index (χ1v) is 28.1. The van der Waals surface area contributed by atoms with Crippen molar-refractivity contribution >= 4 is 93.5 Å². The molecule has 2 aliphatic rings. The average molecular weight is 939 g/mol.